The first-order valence-electron chi connectivity index (χ1n) is 5.97. The molecule has 19 heavy (non-hydrogen) atoms. The topological polar surface area (TPSA) is 21.3 Å². The lowest BCUT2D eigenvalue weighted by molar-refractivity contribution is 0.472. The van der Waals surface area contributed by atoms with Crippen LogP contribution in [0.2, 0.25) is 5.02 Å². The van der Waals surface area contributed by atoms with Gasteiger partial charge in [0.05, 0.1) is 0 Å². The summed E-state index contributed by atoms with van der Waals surface area (Å²) in [5.74, 6) is 0.773. The summed E-state index contributed by atoms with van der Waals surface area (Å²) in [4.78, 5) is 0. The van der Waals surface area contributed by atoms with Gasteiger partial charge in [0.2, 0.25) is 0 Å². The largest absolute Gasteiger partial charge is 0.457 e. The molecule has 0 saturated carbocycles. The van der Waals surface area contributed by atoms with E-state index in [0.717, 1.165) is 11.1 Å². The molecule has 100 valence electrons. The smallest absolute Gasteiger partial charge is 0.133 e. The van der Waals surface area contributed by atoms with E-state index in [1.165, 1.54) is 12.1 Å². The summed E-state index contributed by atoms with van der Waals surface area (Å²) in [6.45, 7) is 2.56. The van der Waals surface area contributed by atoms with E-state index in [1.54, 1.807) is 12.1 Å². The van der Waals surface area contributed by atoms with Crippen LogP contribution in [-0.2, 0) is 6.54 Å². The van der Waals surface area contributed by atoms with Gasteiger partial charge < -0.3 is 10.1 Å². The maximum Gasteiger partial charge on any atom is 0.133 e. The zero-order chi connectivity index (χ0) is 13.8. The molecule has 0 amide bonds. The van der Waals surface area contributed by atoms with Crippen LogP contribution in [0.4, 0.5) is 4.39 Å². The number of nitrogens with one attached hydrogen (secondary N) is 1. The molecule has 2 aromatic carbocycles. The highest BCUT2D eigenvalue weighted by Gasteiger charge is 2.06. The zero-order valence-electron chi connectivity index (χ0n) is 10.8. The highest BCUT2D eigenvalue weighted by molar-refractivity contribution is 6.31. The Morgan fingerprint density at radius 3 is 2.68 bits per heavy atom. The third-order valence-corrected chi connectivity index (χ3v) is 3.12. The van der Waals surface area contributed by atoms with Gasteiger partial charge in [-0.1, -0.05) is 23.7 Å². The first-order chi connectivity index (χ1) is 9.10. The maximum absolute atomic E-state index is 13.2. The quantitative estimate of drug-likeness (QED) is 0.901. The second-order valence-electron chi connectivity index (χ2n) is 4.30. The van der Waals surface area contributed by atoms with Gasteiger partial charge in [0.1, 0.15) is 17.3 Å². The van der Waals surface area contributed by atoms with Crippen molar-refractivity contribution in [1.29, 1.82) is 0 Å². The molecule has 0 bridgehead atoms. The van der Waals surface area contributed by atoms with E-state index in [9.17, 15) is 4.39 Å². The van der Waals surface area contributed by atoms with Crippen molar-refractivity contribution in [3.05, 3.63) is 58.4 Å². The fourth-order valence-corrected chi connectivity index (χ4v) is 1.97. The Labute approximate surface area is 117 Å². The van der Waals surface area contributed by atoms with Gasteiger partial charge in [-0.2, -0.15) is 0 Å². The van der Waals surface area contributed by atoms with Crippen LogP contribution in [0.25, 0.3) is 0 Å². The Kier molecular flexibility index (Phi) is 4.40. The first-order valence-corrected chi connectivity index (χ1v) is 6.35. The fraction of sp³-hybridized carbons (Fsp3) is 0.200. The lowest BCUT2D eigenvalue weighted by Gasteiger charge is -2.10. The van der Waals surface area contributed by atoms with Gasteiger partial charge in [0, 0.05) is 17.6 Å². The maximum atomic E-state index is 13.2. The number of hydrogen-bond donors (Lipinski definition) is 1. The molecule has 0 saturated heterocycles. The van der Waals surface area contributed by atoms with E-state index in [4.69, 9.17) is 16.3 Å². The molecule has 0 radical (unpaired) electrons. The predicted molar refractivity (Wildman–Crippen MR) is 75.4 cm³/mol. The molecule has 4 heteroatoms. The van der Waals surface area contributed by atoms with Gasteiger partial charge in [-0.3, -0.25) is 0 Å². The van der Waals surface area contributed by atoms with E-state index in [2.05, 4.69) is 5.32 Å². The second-order valence-corrected chi connectivity index (χ2v) is 4.70. The fourth-order valence-electron chi connectivity index (χ4n) is 1.74. The molecule has 1 N–H and O–H groups in total. The summed E-state index contributed by atoms with van der Waals surface area (Å²) in [6.07, 6.45) is 0. The minimum Gasteiger partial charge on any atom is -0.457 e. The Balaban J connectivity index is 2.24. The summed E-state index contributed by atoms with van der Waals surface area (Å²) in [7, 11) is 1.86. The second kappa shape index (κ2) is 6.04. The first kappa shape index (κ1) is 13.8. The minimum atomic E-state index is -0.321. The highest BCUT2D eigenvalue weighted by Crippen LogP contribution is 2.29. The summed E-state index contributed by atoms with van der Waals surface area (Å²) < 4.78 is 18.8. The summed E-state index contributed by atoms with van der Waals surface area (Å²) in [5.41, 5.74) is 1.87. The van der Waals surface area contributed by atoms with Crippen LogP contribution in [-0.4, -0.2) is 7.05 Å². The summed E-state index contributed by atoms with van der Waals surface area (Å²) >= 11 is 6.15. The van der Waals surface area contributed by atoms with Crippen LogP contribution in [0, 0.1) is 12.7 Å². The van der Waals surface area contributed by atoms with Crippen molar-refractivity contribution in [2.45, 2.75) is 13.5 Å². The zero-order valence-corrected chi connectivity index (χ0v) is 11.6. The lowest BCUT2D eigenvalue weighted by Crippen LogP contribution is -2.05. The number of aryl methyl sites for hydroxylation is 1. The van der Waals surface area contributed by atoms with Crippen molar-refractivity contribution in [2.24, 2.45) is 0 Å². The molecule has 0 spiro atoms. The molecule has 0 aromatic heterocycles. The van der Waals surface area contributed by atoms with Gasteiger partial charge in [-0.25, -0.2) is 4.39 Å². The van der Waals surface area contributed by atoms with E-state index < -0.39 is 0 Å². The Bertz CT molecular complexity index is 586. The normalized spacial score (nSPS) is 10.5. The van der Waals surface area contributed by atoms with E-state index in [0.29, 0.717) is 23.1 Å². The van der Waals surface area contributed by atoms with Crippen molar-refractivity contribution < 1.29 is 9.13 Å². The molecule has 0 aliphatic heterocycles. The molecule has 0 fully saturated rings. The number of ether oxygens (including phenoxy) is 1. The molecule has 0 aliphatic rings. The molecule has 2 nitrogen and oxygen atoms in total. The van der Waals surface area contributed by atoms with Crippen molar-refractivity contribution in [3.8, 4) is 11.5 Å². The summed E-state index contributed by atoms with van der Waals surface area (Å²) in [5, 5.41) is 3.66. The Morgan fingerprint density at radius 1 is 1.21 bits per heavy atom. The van der Waals surface area contributed by atoms with Crippen LogP contribution in [0.5, 0.6) is 11.5 Å². The van der Waals surface area contributed by atoms with Gasteiger partial charge in [0.25, 0.3) is 0 Å². The van der Waals surface area contributed by atoms with Crippen LogP contribution in [0.15, 0.2) is 36.4 Å². The van der Waals surface area contributed by atoms with Crippen LogP contribution < -0.4 is 10.1 Å². The number of hydrogen-bond acceptors (Lipinski definition) is 2. The number of halogens is 2. The predicted octanol–water partition coefficient (Wildman–Crippen LogP) is 4.30. The minimum absolute atomic E-state index is 0.321. The van der Waals surface area contributed by atoms with Crippen molar-refractivity contribution >= 4 is 11.6 Å². The standard InChI is InChI=1S/C15H15ClFNO/c1-10-3-5-12(17)7-15(10)19-13-6-4-11(9-18-2)14(16)8-13/h3-8,18H,9H2,1-2H3. The van der Waals surface area contributed by atoms with Gasteiger partial charge in [-0.15, -0.1) is 0 Å². The third-order valence-electron chi connectivity index (χ3n) is 2.77. The Hall–Kier alpha value is -1.58. The van der Waals surface area contributed by atoms with Crippen LogP contribution >= 0.6 is 11.6 Å². The Morgan fingerprint density at radius 2 is 2.00 bits per heavy atom. The number of rotatable bonds is 4. The van der Waals surface area contributed by atoms with E-state index in [1.807, 2.05) is 26.1 Å². The average molecular weight is 280 g/mol. The molecule has 0 aliphatic carbocycles. The highest BCUT2D eigenvalue weighted by atomic mass is 35.5. The van der Waals surface area contributed by atoms with Gasteiger partial charge >= 0.3 is 0 Å². The average Bonchev–Trinajstić information content (AvgIpc) is 2.37. The monoisotopic (exact) mass is 279 g/mol. The van der Waals surface area contributed by atoms with Crippen molar-refractivity contribution in [2.75, 3.05) is 7.05 Å². The van der Waals surface area contributed by atoms with E-state index >= 15 is 0 Å². The van der Waals surface area contributed by atoms with Crippen LogP contribution in [0.1, 0.15) is 11.1 Å². The molecule has 0 unspecified atom stereocenters. The molecular weight excluding hydrogens is 265 g/mol. The van der Waals surface area contributed by atoms with Crippen molar-refractivity contribution in [1.82, 2.24) is 5.32 Å². The molecule has 2 aromatic rings. The molecule has 0 atom stereocenters. The lowest BCUT2D eigenvalue weighted by atomic mass is 10.2. The van der Waals surface area contributed by atoms with E-state index in [-0.39, 0.29) is 5.82 Å². The van der Waals surface area contributed by atoms with Crippen LogP contribution in [0.3, 0.4) is 0 Å². The van der Waals surface area contributed by atoms with Gasteiger partial charge in [0.15, 0.2) is 0 Å². The third kappa shape index (κ3) is 3.46. The SMILES string of the molecule is CNCc1ccc(Oc2cc(F)ccc2C)cc1Cl. The number of benzene rings is 2. The van der Waals surface area contributed by atoms with Crippen molar-refractivity contribution in [3.63, 3.8) is 0 Å². The summed E-state index contributed by atoms with van der Waals surface area (Å²) in [6, 6.07) is 9.90. The molecule has 2 rings (SSSR count). The van der Waals surface area contributed by atoms with Gasteiger partial charge in [-0.05, 0) is 43.3 Å². The molecule has 0 heterocycles. The molecular formula is C15H15ClFNO.